The Morgan fingerprint density at radius 1 is 1.62 bits per heavy atom. The predicted octanol–water partition coefficient (Wildman–Crippen LogP) is 1.48. The summed E-state index contributed by atoms with van der Waals surface area (Å²) in [5.74, 6) is -0.194. The van der Waals surface area contributed by atoms with Gasteiger partial charge in [-0.25, -0.2) is 0 Å². The molecule has 1 aliphatic heterocycles. The number of benzene rings is 1. The molecule has 0 bridgehead atoms. The number of nitrogens with zero attached hydrogens (tertiary/aromatic N) is 2. The lowest BCUT2D eigenvalue weighted by molar-refractivity contribution is -0.384. The largest absolute Gasteiger partial charge is 0.325 e. The minimum Gasteiger partial charge on any atom is -0.325 e. The Kier molecular flexibility index (Phi) is 5.11. The van der Waals surface area contributed by atoms with Crippen LogP contribution in [-0.2, 0) is 4.79 Å². The third-order valence-electron chi connectivity index (χ3n) is 3.41. The van der Waals surface area contributed by atoms with Gasteiger partial charge in [-0.3, -0.25) is 19.8 Å². The Hall–Kier alpha value is -1.70. The lowest BCUT2D eigenvalue weighted by Gasteiger charge is -2.33. The topological polar surface area (TPSA) is 87.5 Å². The Morgan fingerprint density at radius 2 is 2.38 bits per heavy atom. The molecule has 8 heteroatoms. The van der Waals surface area contributed by atoms with Gasteiger partial charge >= 0.3 is 0 Å². The van der Waals surface area contributed by atoms with Crippen LogP contribution in [0.4, 0.5) is 11.4 Å². The van der Waals surface area contributed by atoms with Gasteiger partial charge in [0.05, 0.1) is 11.5 Å². The Labute approximate surface area is 127 Å². The summed E-state index contributed by atoms with van der Waals surface area (Å²) in [6.07, 6.45) is 0. The van der Waals surface area contributed by atoms with Crippen LogP contribution < -0.4 is 10.6 Å². The first-order valence-corrected chi connectivity index (χ1v) is 7.03. The standard InChI is InChI=1S/C13H17ClN4O3/c1-9-7-15-4-5-17(9)8-13(19)16-10-2-3-11(14)12(6-10)18(20)21/h2-3,6,9,15H,4-5,7-8H2,1H3,(H,16,19)/t9-/m1/s1. The molecular weight excluding hydrogens is 296 g/mol. The highest BCUT2D eigenvalue weighted by molar-refractivity contribution is 6.32. The molecule has 1 aliphatic rings. The van der Waals surface area contributed by atoms with Crippen molar-refractivity contribution in [3.63, 3.8) is 0 Å². The van der Waals surface area contributed by atoms with Crippen molar-refractivity contribution < 1.29 is 9.72 Å². The van der Waals surface area contributed by atoms with Crippen molar-refractivity contribution in [1.29, 1.82) is 0 Å². The van der Waals surface area contributed by atoms with E-state index in [9.17, 15) is 14.9 Å². The van der Waals surface area contributed by atoms with Crippen LogP contribution in [-0.4, -0.2) is 48.0 Å². The molecule has 1 aromatic carbocycles. The van der Waals surface area contributed by atoms with E-state index >= 15 is 0 Å². The number of nitrogens with one attached hydrogen (secondary N) is 2. The van der Waals surface area contributed by atoms with Crippen LogP contribution >= 0.6 is 11.6 Å². The molecule has 0 aliphatic carbocycles. The molecule has 7 nitrogen and oxygen atoms in total. The number of nitro groups is 1. The molecule has 0 radical (unpaired) electrons. The molecule has 1 atom stereocenters. The second-order valence-corrected chi connectivity index (χ2v) is 5.40. The molecule has 2 rings (SSSR count). The summed E-state index contributed by atoms with van der Waals surface area (Å²) in [6, 6.07) is 4.50. The van der Waals surface area contributed by atoms with E-state index in [0.29, 0.717) is 5.69 Å². The molecule has 0 unspecified atom stereocenters. The van der Waals surface area contributed by atoms with E-state index in [0.717, 1.165) is 19.6 Å². The maximum absolute atomic E-state index is 12.0. The molecule has 114 valence electrons. The summed E-state index contributed by atoms with van der Waals surface area (Å²) in [6.45, 7) is 4.81. The fourth-order valence-electron chi connectivity index (χ4n) is 2.23. The SMILES string of the molecule is C[C@@H]1CNCCN1CC(=O)Nc1ccc(Cl)c([N+](=O)[O-])c1. The smallest absolute Gasteiger partial charge is 0.289 e. The van der Waals surface area contributed by atoms with E-state index in [1.54, 1.807) is 6.07 Å². The van der Waals surface area contributed by atoms with Crippen LogP contribution in [0.3, 0.4) is 0 Å². The number of amides is 1. The zero-order valence-corrected chi connectivity index (χ0v) is 12.4. The van der Waals surface area contributed by atoms with Crippen LogP contribution in [0.5, 0.6) is 0 Å². The van der Waals surface area contributed by atoms with E-state index in [1.807, 2.05) is 6.92 Å². The number of hydrogen-bond acceptors (Lipinski definition) is 5. The number of nitro benzene ring substituents is 1. The number of carbonyl (C=O) groups is 1. The van der Waals surface area contributed by atoms with Crippen molar-refractivity contribution in [2.75, 3.05) is 31.5 Å². The van der Waals surface area contributed by atoms with Crippen molar-refractivity contribution in [2.24, 2.45) is 0 Å². The van der Waals surface area contributed by atoms with Gasteiger partial charge in [-0.15, -0.1) is 0 Å². The highest BCUT2D eigenvalue weighted by atomic mass is 35.5. The molecule has 0 aromatic heterocycles. The van der Waals surface area contributed by atoms with Gasteiger partial charge in [-0.1, -0.05) is 11.6 Å². The van der Waals surface area contributed by atoms with Crippen LogP contribution in [0, 0.1) is 10.1 Å². The molecule has 2 N–H and O–H groups in total. The lowest BCUT2D eigenvalue weighted by atomic mass is 10.2. The number of piperazine rings is 1. The molecule has 0 spiro atoms. The fraction of sp³-hybridized carbons (Fsp3) is 0.462. The third kappa shape index (κ3) is 4.13. The van der Waals surface area contributed by atoms with Crippen molar-refractivity contribution >= 4 is 28.9 Å². The number of rotatable bonds is 4. The van der Waals surface area contributed by atoms with Gasteiger partial charge in [0.25, 0.3) is 5.69 Å². The molecule has 1 heterocycles. The van der Waals surface area contributed by atoms with Crippen molar-refractivity contribution in [3.05, 3.63) is 33.3 Å². The van der Waals surface area contributed by atoms with Crippen LogP contribution in [0.25, 0.3) is 0 Å². The van der Waals surface area contributed by atoms with E-state index in [4.69, 9.17) is 11.6 Å². The van der Waals surface area contributed by atoms with Crippen LogP contribution in [0.2, 0.25) is 5.02 Å². The van der Waals surface area contributed by atoms with Gasteiger partial charge in [0.2, 0.25) is 5.91 Å². The van der Waals surface area contributed by atoms with Gasteiger partial charge < -0.3 is 10.6 Å². The second kappa shape index (κ2) is 6.84. The Bertz CT molecular complexity index is 552. The van der Waals surface area contributed by atoms with Gasteiger partial charge in [-0.05, 0) is 19.1 Å². The van der Waals surface area contributed by atoms with Gasteiger partial charge in [0.1, 0.15) is 5.02 Å². The van der Waals surface area contributed by atoms with Gasteiger partial charge in [0, 0.05) is 37.4 Å². The predicted molar refractivity (Wildman–Crippen MR) is 80.6 cm³/mol. The maximum atomic E-state index is 12.0. The average Bonchev–Trinajstić information content (AvgIpc) is 2.43. The minimum atomic E-state index is -0.573. The molecule has 1 fully saturated rings. The van der Waals surface area contributed by atoms with Crippen molar-refractivity contribution in [2.45, 2.75) is 13.0 Å². The highest BCUT2D eigenvalue weighted by Crippen LogP contribution is 2.27. The normalized spacial score (nSPS) is 19.2. The summed E-state index contributed by atoms with van der Waals surface area (Å²) >= 11 is 5.73. The molecular formula is C13H17ClN4O3. The van der Waals surface area contributed by atoms with E-state index < -0.39 is 4.92 Å². The first-order valence-electron chi connectivity index (χ1n) is 6.66. The molecule has 1 saturated heterocycles. The first-order chi connectivity index (χ1) is 9.97. The third-order valence-corrected chi connectivity index (χ3v) is 3.73. The van der Waals surface area contributed by atoms with Gasteiger partial charge in [0.15, 0.2) is 0 Å². The number of carbonyl (C=O) groups excluding carboxylic acids is 1. The Morgan fingerprint density at radius 3 is 3.05 bits per heavy atom. The van der Waals surface area contributed by atoms with E-state index in [-0.39, 0.29) is 29.2 Å². The lowest BCUT2D eigenvalue weighted by Crippen LogP contribution is -2.51. The second-order valence-electron chi connectivity index (χ2n) is 5.00. The highest BCUT2D eigenvalue weighted by Gasteiger charge is 2.21. The van der Waals surface area contributed by atoms with Crippen molar-refractivity contribution in [1.82, 2.24) is 10.2 Å². The molecule has 21 heavy (non-hydrogen) atoms. The van der Waals surface area contributed by atoms with Crippen LogP contribution in [0.15, 0.2) is 18.2 Å². The number of anilines is 1. The zero-order chi connectivity index (χ0) is 15.4. The molecule has 0 saturated carbocycles. The van der Waals surface area contributed by atoms with Crippen LogP contribution in [0.1, 0.15) is 6.92 Å². The average molecular weight is 313 g/mol. The maximum Gasteiger partial charge on any atom is 0.289 e. The minimum absolute atomic E-state index is 0.0497. The monoisotopic (exact) mass is 312 g/mol. The summed E-state index contributed by atoms with van der Waals surface area (Å²) in [4.78, 5) is 24.3. The summed E-state index contributed by atoms with van der Waals surface area (Å²) < 4.78 is 0. The summed E-state index contributed by atoms with van der Waals surface area (Å²) in [5.41, 5.74) is 0.156. The van der Waals surface area contributed by atoms with E-state index in [2.05, 4.69) is 15.5 Å². The van der Waals surface area contributed by atoms with Gasteiger partial charge in [-0.2, -0.15) is 0 Å². The molecule has 1 amide bonds. The molecule has 1 aromatic rings. The number of halogens is 1. The quantitative estimate of drug-likeness (QED) is 0.649. The van der Waals surface area contributed by atoms with Crippen molar-refractivity contribution in [3.8, 4) is 0 Å². The number of hydrogen-bond donors (Lipinski definition) is 2. The zero-order valence-electron chi connectivity index (χ0n) is 11.6. The summed E-state index contributed by atoms with van der Waals surface area (Å²) in [7, 11) is 0. The first kappa shape index (κ1) is 15.7. The summed E-state index contributed by atoms with van der Waals surface area (Å²) in [5, 5.41) is 16.8. The Balaban J connectivity index is 1.99. The fourth-order valence-corrected chi connectivity index (χ4v) is 2.42. The van der Waals surface area contributed by atoms with E-state index in [1.165, 1.54) is 12.1 Å².